The van der Waals surface area contributed by atoms with E-state index in [-0.39, 0.29) is 30.9 Å². The van der Waals surface area contributed by atoms with Crippen molar-refractivity contribution in [2.24, 2.45) is 0 Å². The molecule has 30 heavy (non-hydrogen) atoms. The van der Waals surface area contributed by atoms with Crippen molar-refractivity contribution in [3.05, 3.63) is 0 Å². The summed E-state index contributed by atoms with van der Waals surface area (Å²) in [5.74, 6) is -2.49. The molecule has 0 saturated carbocycles. The largest absolute Gasteiger partial charge is 0.480 e. The number of amides is 4. The first-order valence-corrected chi connectivity index (χ1v) is 10.5. The first-order chi connectivity index (χ1) is 14.4. The third-order valence-electron chi connectivity index (χ3n) is 5.94. The summed E-state index contributed by atoms with van der Waals surface area (Å²) in [5.41, 5.74) is 0. The van der Waals surface area contributed by atoms with Gasteiger partial charge >= 0.3 is 5.97 Å². The Morgan fingerprint density at radius 3 is 1.93 bits per heavy atom. The molecule has 3 atom stereocenters. The van der Waals surface area contributed by atoms with Gasteiger partial charge in [0.1, 0.15) is 12.1 Å². The van der Waals surface area contributed by atoms with Crippen LogP contribution in [0.25, 0.3) is 0 Å². The summed E-state index contributed by atoms with van der Waals surface area (Å²) in [6.07, 6.45) is 3.81. The van der Waals surface area contributed by atoms with Crippen molar-refractivity contribution in [1.29, 1.82) is 0 Å². The molecule has 3 rings (SSSR count). The molecule has 0 spiro atoms. The maximum Gasteiger partial charge on any atom is 0.326 e. The lowest BCUT2D eigenvalue weighted by atomic mass is 10.2. The number of nitrogens with one attached hydrogen (secondary N) is 3. The van der Waals surface area contributed by atoms with Crippen LogP contribution in [0.15, 0.2) is 0 Å². The molecule has 4 amide bonds. The zero-order valence-electron chi connectivity index (χ0n) is 16.9. The van der Waals surface area contributed by atoms with E-state index in [0.717, 1.165) is 19.4 Å². The monoisotopic (exact) mass is 423 g/mol. The molecule has 3 saturated heterocycles. The van der Waals surface area contributed by atoms with E-state index in [2.05, 4.69) is 16.0 Å². The molecule has 11 nitrogen and oxygen atoms in total. The second-order valence-corrected chi connectivity index (χ2v) is 7.91. The summed E-state index contributed by atoms with van der Waals surface area (Å²) >= 11 is 0. The van der Waals surface area contributed by atoms with E-state index >= 15 is 0 Å². The highest BCUT2D eigenvalue weighted by molar-refractivity contribution is 5.93. The molecule has 166 valence electrons. The van der Waals surface area contributed by atoms with Gasteiger partial charge in [-0.1, -0.05) is 0 Å². The van der Waals surface area contributed by atoms with Gasteiger partial charge in [0.05, 0.1) is 19.1 Å². The fourth-order valence-electron chi connectivity index (χ4n) is 4.34. The summed E-state index contributed by atoms with van der Waals surface area (Å²) in [4.78, 5) is 63.3. The Labute approximate surface area is 174 Å². The van der Waals surface area contributed by atoms with E-state index in [1.807, 2.05) is 0 Å². The number of hydrogen-bond donors (Lipinski definition) is 4. The number of carbonyl (C=O) groups excluding carboxylic acids is 4. The third kappa shape index (κ3) is 5.07. The molecule has 3 fully saturated rings. The lowest BCUT2D eigenvalue weighted by Crippen LogP contribution is -2.52. The van der Waals surface area contributed by atoms with Gasteiger partial charge in [0.2, 0.25) is 23.6 Å². The number of likely N-dealkylation sites (tertiary alicyclic amines) is 2. The number of carbonyl (C=O) groups is 5. The van der Waals surface area contributed by atoms with Crippen LogP contribution >= 0.6 is 0 Å². The molecule has 3 aliphatic rings. The van der Waals surface area contributed by atoms with Crippen LogP contribution in [-0.2, 0) is 24.0 Å². The van der Waals surface area contributed by atoms with Gasteiger partial charge < -0.3 is 30.9 Å². The summed E-state index contributed by atoms with van der Waals surface area (Å²) in [6, 6.07) is -1.82. The highest BCUT2D eigenvalue weighted by atomic mass is 16.4. The van der Waals surface area contributed by atoms with Crippen LogP contribution in [-0.4, -0.2) is 95.4 Å². The molecule has 0 aliphatic carbocycles. The van der Waals surface area contributed by atoms with Gasteiger partial charge in [-0.2, -0.15) is 0 Å². The van der Waals surface area contributed by atoms with Crippen molar-refractivity contribution in [1.82, 2.24) is 25.8 Å². The Balaban J connectivity index is 1.46. The highest BCUT2D eigenvalue weighted by Crippen LogP contribution is 2.19. The molecule has 4 N–H and O–H groups in total. The SMILES string of the molecule is O=C(NCC(=O)N1CCC[C@H]1C(=O)NCC(=O)N1CCC[C@H]1C(=O)O)[C@@H]1CCCN1. The van der Waals surface area contributed by atoms with Crippen LogP contribution < -0.4 is 16.0 Å². The smallest absolute Gasteiger partial charge is 0.326 e. The van der Waals surface area contributed by atoms with Crippen molar-refractivity contribution in [3.8, 4) is 0 Å². The van der Waals surface area contributed by atoms with Gasteiger partial charge in [-0.15, -0.1) is 0 Å². The minimum absolute atomic E-state index is 0.173. The van der Waals surface area contributed by atoms with Gasteiger partial charge in [0, 0.05) is 13.1 Å². The number of hydrogen-bond acceptors (Lipinski definition) is 6. The lowest BCUT2D eigenvalue weighted by molar-refractivity contribution is -0.148. The number of carboxylic acid groups (broad SMARTS) is 1. The van der Waals surface area contributed by atoms with Crippen molar-refractivity contribution >= 4 is 29.6 Å². The third-order valence-corrected chi connectivity index (χ3v) is 5.94. The molecular weight excluding hydrogens is 394 g/mol. The van der Waals surface area contributed by atoms with Crippen LogP contribution in [0.2, 0.25) is 0 Å². The fraction of sp³-hybridized carbons (Fsp3) is 0.737. The fourth-order valence-corrected chi connectivity index (χ4v) is 4.34. The molecule has 0 bridgehead atoms. The predicted molar refractivity (Wildman–Crippen MR) is 104 cm³/mol. The van der Waals surface area contributed by atoms with Crippen LogP contribution in [0.5, 0.6) is 0 Å². The normalized spacial score (nSPS) is 25.9. The molecule has 11 heteroatoms. The Kier molecular flexibility index (Phi) is 7.24. The summed E-state index contributed by atoms with van der Waals surface area (Å²) in [5, 5.41) is 17.4. The standard InChI is InChI=1S/C19H29N5O6/c25-15(10-21-17(27)12-4-1-7-20-12)23-8-2-5-13(23)18(28)22-11-16(26)24-9-3-6-14(24)19(29)30/h12-14,20H,1-11H2,(H,21,27)(H,22,28)(H,29,30)/t12-,13-,14-/m0/s1. The van der Waals surface area contributed by atoms with Crippen LogP contribution in [0, 0.1) is 0 Å². The van der Waals surface area contributed by atoms with E-state index in [4.69, 9.17) is 0 Å². The summed E-state index contributed by atoms with van der Waals surface area (Å²) in [7, 11) is 0. The van der Waals surface area contributed by atoms with Gasteiger partial charge in [0.25, 0.3) is 0 Å². The van der Waals surface area contributed by atoms with Gasteiger partial charge in [0.15, 0.2) is 0 Å². The van der Waals surface area contributed by atoms with E-state index in [1.54, 1.807) is 0 Å². The van der Waals surface area contributed by atoms with Crippen LogP contribution in [0.3, 0.4) is 0 Å². The second kappa shape index (κ2) is 9.88. The number of aliphatic carboxylic acids is 1. The van der Waals surface area contributed by atoms with E-state index < -0.39 is 29.9 Å². The van der Waals surface area contributed by atoms with Crippen molar-refractivity contribution in [2.45, 2.75) is 56.7 Å². The molecule has 3 heterocycles. The van der Waals surface area contributed by atoms with Crippen LogP contribution in [0.1, 0.15) is 38.5 Å². The first kappa shape index (κ1) is 22.0. The number of carboxylic acids is 1. The highest BCUT2D eigenvalue weighted by Gasteiger charge is 2.36. The van der Waals surface area contributed by atoms with Crippen molar-refractivity contribution < 1.29 is 29.1 Å². The Bertz CT molecular complexity index is 708. The van der Waals surface area contributed by atoms with Crippen molar-refractivity contribution in [3.63, 3.8) is 0 Å². The summed E-state index contributed by atoms with van der Waals surface area (Å²) < 4.78 is 0. The lowest BCUT2D eigenvalue weighted by Gasteiger charge is -2.25. The quantitative estimate of drug-likeness (QED) is 0.371. The Morgan fingerprint density at radius 2 is 1.37 bits per heavy atom. The Morgan fingerprint density at radius 1 is 0.800 bits per heavy atom. The topological polar surface area (TPSA) is 148 Å². The first-order valence-electron chi connectivity index (χ1n) is 10.5. The van der Waals surface area contributed by atoms with Crippen LogP contribution in [0.4, 0.5) is 0 Å². The van der Waals surface area contributed by atoms with E-state index in [0.29, 0.717) is 38.8 Å². The number of rotatable bonds is 7. The average Bonchev–Trinajstić information content (AvgIpc) is 3.49. The van der Waals surface area contributed by atoms with Gasteiger partial charge in [-0.05, 0) is 45.1 Å². The second-order valence-electron chi connectivity index (χ2n) is 7.91. The minimum Gasteiger partial charge on any atom is -0.480 e. The average molecular weight is 423 g/mol. The predicted octanol–water partition coefficient (Wildman–Crippen LogP) is -1.96. The molecular formula is C19H29N5O6. The van der Waals surface area contributed by atoms with E-state index in [9.17, 15) is 29.1 Å². The Hall–Kier alpha value is -2.69. The molecule has 0 aromatic carbocycles. The molecule has 0 aromatic rings. The van der Waals surface area contributed by atoms with Gasteiger partial charge in [-0.3, -0.25) is 19.2 Å². The maximum atomic E-state index is 12.6. The molecule has 0 unspecified atom stereocenters. The number of nitrogens with zero attached hydrogens (tertiary/aromatic N) is 2. The van der Waals surface area contributed by atoms with Crippen molar-refractivity contribution in [2.75, 3.05) is 32.7 Å². The molecule has 0 radical (unpaired) electrons. The molecule has 3 aliphatic heterocycles. The maximum absolute atomic E-state index is 12.6. The minimum atomic E-state index is -1.05. The zero-order valence-corrected chi connectivity index (χ0v) is 16.9. The van der Waals surface area contributed by atoms with Gasteiger partial charge in [-0.25, -0.2) is 4.79 Å². The summed E-state index contributed by atoms with van der Waals surface area (Å²) in [6.45, 7) is 1.08. The molecule has 0 aromatic heterocycles. The zero-order chi connectivity index (χ0) is 21.7. The van der Waals surface area contributed by atoms with E-state index in [1.165, 1.54) is 9.80 Å².